The van der Waals surface area contributed by atoms with E-state index in [1.54, 1.807) is 18.1 Å². The highest BCUT2D eigenvalue weighted by Crippen LogP contribution is 2.33. The standard InChI is InChI=1S/C29H36N4O4/c1-4-5-17-37-28-25(34)19-24(20-30-2)33-27(28)29(35)31(16-18-36-3)21-32(33)26(22-12-8-6-9-13-22)23-14-10-7-11-15-23/h6-15,19,26,30H,4-5,16-18,20-21H2,1-3H3. The molecule has 0 fully saturated rings. The number of unbranched alkanes of at least 4 members (excludes halogenated alkanes) is 1. The van der Waals surface area contributed by atoms with Crippen molar-refractivity contribution in [3.63, 3.8) is 0 Å². The number of hydrogen-bond acceptors (Lipinski definition) is 6. The first-order valence-electron chi connectivity index (χ1n) is 12.8. The minimum atomic E-state index is -0.287. The molecule has 1 N–H and O–H groups in total. The van der Waals surface area contributed by atoms with Crippen molar-refractivity contribution in [3.05, 3.63) is 99.5 Å². The van der Waals surface area contributed by atoms with Crippen LogP contribution in [0.3, 0.4) is 0 Å². The van der Waals surface area contributed by atoms with Crippen molar-refractivity contribution in [1.29, 1.82) is 0 Å². The van der Waals surface area contributed by atoms with Gasteiger partial charge in [0.1, 0.15) is 6.67 Å². The Morgan fingerprint density at radius 1 is 0.973 bits per heavy atom. The zero-order chi connectivity index (χ0) is 26.2. The van der Waals surface area contributed by atoms with E-state index in [-0.39, 0.29) is 28.8 Å². The number of methoxy groups -OCH3 is 1. The molecule has 0 spiro atoms. The van der Waals surface area contributed by atoms with Crippen LogP contribution in [0.4, 0.5) is 0 Å². The third-order valence-electron chi connectivity index (χ3n) is 6.48. The molecule has 0 unspecified atom stereocenters. The van der Waals surface area contributed by atoms with Crippen LogP contribution in [-0.2, 0) is 11.3 Å². The number of pyridine rings is 1. The Hall–Kier alpha value is -3.62. The number of carbonyl (C=O) groups excluding carboxylic acids is 1. The van der Waals surface area contributed by atoms with E-state index in [4.69, 9.17) is 9.47 Å². The number of rotatable bonds is 12. The van der Waals surface area contributed by atoms with E-state index in [9.17, 15) is 9.59 Å². The van der Waals surface area contributed by atoms with E-state index < -0.39 is 0 Å². The highest BCUT2D eigenvalue weighted by atomic mass is 16.5. The number of fused-ring (bicyclic) bond motifs is 1. The molecule has 0 atom stereocenters. The molecule has 1 aliphatic heterocycles. The average Bonchev–Trinajstić information content (AvgIpc) is 2.92. The summed E-state index contributed by atoms with van der Waals surface area (Å²) in [5.41, 5.74) is 2.81. The summed E-state index contributed by atoms with van der Waals surface area (Å²) in [6.07, 6.45) is 1.71. The van der Waals surface area contributed by atoms with Crippen LogP contribution in [0.1, 0.15) is 53.1 Å². The van der Waals surface area contributed by atoms with Crippen LogP contribution in [-0.4, -0.2) is 56.1 Å². The lowest BCUT2D eigenvalue weighted by Gasteiger charge is -2.45. The molecule has 4 rings (SSSR count). The van der Waals surface area contributed by atoms with Gasteiger partial charge in [-0.05, 0) is 24.6 Å². The molecule has 0 aliphatic carbocycles. The largest absolute Gasteiger partial charge is 0.487 e. The fraction of sp³-hybridized carbons (Fsp3) is 0.379. The Morgan fingerprint density at radius 2 is 1.62 bits per heavy atom. The van der Waals surface area contributed by atoms with Crippen LogP contribution in [0.5, 0.6) is 5.75 Å². The number of hydrogen-bond donors (Lipinski definition) is 1. The van der Waals surface area contributed by atoms with Crippen LogP contribution < -0.4 is 20.5 Å². The Balaban J connectivity index is 1.97. The molecule has 2 heterocycles. The van der Waals surface area contributed by atoms with E-state index in [0.29, 0.717) is 38.7 Å². The molecule has 1 amide bonds. The first-order chi connectivity index (χ1) is 18.1. The van der Waals surface area contributed by atoms with Crippen LogP contribution in [0, 0.1) is 0 Å². The third kappa shape index (κ3) is 5.70. The van der Waals surface area contributed by atoms with Gasteiger partial charge in [-0.25, -0.2) is 4.68 Å². The van der Waals surface area contributed by atoms with Gasteiger partial charge in [0.15, 0.2) is 11.4 Å². The summed E-state index contributed by atoms with van der Waals surface area (Å²) in [5.74, 6) is -0.139. The maximum Gasteiger partial charge on any atom is 0.277 e. The molecule has 2 aromatic carbocycles. The second kappa shape index (κ2) is 12.6. The summed E-state index contributed by atoms with van der Waals surface area (Å²) >= 11 is 0. The fourth-order valence-corrected chi connectivity index (χ4v) is 4.71. The van der Waals surface area contributed by atoms with Gasteiger partial charge < -0.3 is 19.7 Å². The molecule has 37 heavy (non-hydrogen) atoms. The third-order valence-corrected chi connectivity index (χ3v) is 6.48. The highest BCUT2D eigenvalue weighted by molar-refractivity contribution is 5.96. The molecule has 8 nitrogen and oxygen atoms in total. The van der Waals surface area contributed by atoms with Crippen molar-refractivity contribution in [3.8, 4) is 5.75 Å². The zero-order valence-electron chi connectivity index (χ0n) is 21.9. The van der Waals surface area contributed by atoms with Crippen LogP contribution in [0.25, 0.3) is 0 Å². The molecule has 196 valence electrons. The molecule has 0 saturated heterocycles. The Morgan fingerprint density at radius 3 is 2.19 bits per heavy atom. The van der Waals surface area contributed by atoms with E-state index in [1.807, 2.05) is 48.1 Å². The van der Waals surface area contributed by atoms with Gasteiger partial charge in [-0.3, -0.25) is 14.6 Å². The first-order valence-corrected chi connectivity index (χ1v) is 12.8. The second-order valence-corrected chi connectivity index (χ2v) is 9.09. The normalized spacial score (nSPS) is 13.2. The van der Waals surface area contributed by atoms with Gasteiger partial charge in [0.05, 0.1) is 24.9 Å². The fourth-order valence-electron chi connectivity index (χ4n) is 4.71. The summed E-state index contributed by atoms with van der Waals surface area (Å²) < 4.78 is 13.2. The van der Waals surface area contributed by atoms with Crippen molar-refractivity contribution in [2.75, 3.05) is 45.6 Å². The van der Waals surface area contributed by atoms with Crippen LogP contribution in [0.15, 0.2) is 71.5 Å². The Bertz CT molecular complexity index is 1190. The van der Waals surface area contributed by atoms with Gasteiger partial charge >= 0.3 is 0 Å². The summed E-state index contributed by atoms with van der Waals surface area (Å²) in [6, 6.07) is 21.8. The number of benzene rings is 2. The average molecular weight is 505 g/mol. The van der Waals surface area contributed by atoms with E-state index >= 15 is 0 Å². The molecular formula is C29H36N4O4. The molecule has 0 bridgehead atoms. The Kier molecular flexibility index (Phi) is 8.98. The van der Waals surface area contributed by atoms with E-state index in [2.05, 4.69) is 41.5 Å². The quantitative estimate of drug-likeness (QED) is 0.381. The monoisotopic (exact) mass is 504 g/mol. The predicted octanol–water partition coefficient (Wildman–Crippen LogP) is 3.53. The SMILES string of the molecule is CCCCOc1c2n(c(CNC)cc1=O)N(C(c1ccccc1)c1ccccc1)CN(CCOC)C2=O. The number of carbonyl (C=O) groups is 1. The van der Waals surface area contributed by atoms with Gasteiger partial charge in [-0.15, -0.1) is 0 Å². The van der Waals surface area contributed by atoms with E-state index in [1.165, 1.54) is 0 Å². The lowest BCUT2D eigenvalue weighted by Crippen LogP contribution is -2.57. The Labute approximate surface area is 218 Å². The van der Waals surface area contributed by atoms with Crippen molar-refractivity contribution in [1.82, 2.24) is 14.9 Å². The maximum atomic E-state index is 13.9. The van der Waals surface area contributed by atoms with Gasteiger partial charge in [-0.1, -0.05) is 74.0 Å². The highest BCUT2D eigenvalue weighted by Gasteiger charge is 2.38. The summed E-state index contributed by atoms with van der Waals surface area (Å²) in [4.78, 5) is 28.9. The smallest absolute Gasteiger partial charge is 0.277 e. The van der Waals surface area contributed by atoms with Crippen molar-refractivity contribution < 1.29 is 14.3 Å². The molecule has 3 aromatic rings. The summed E-state index contributed by atoms with van der Waals surface area (Å²) in [6.45, 7) is 3.93. The molecule has 8 heteroatoms. The van der Waals surface area contributed by atoms with Crippen molar-refractivity contribution in [2.24, 2.45) is 0 Å². The van der Waals surface area contributed by atoms with E-state index in [0.717, 1.165) is 24.0 Å². The topological polar surface area (TPSA) is 76.0 Å². The van der Waals surface area contributed by atoms with Crippen LogP contribution >= 0.6 is 0 Å². The number of nitrogens with one attached hydrogen (secondary N) is 1. The number of nitrogens with zero attached hydrogens (tertiary/aromatic N) is 3. The van der Waals surface area contributed by atoms with Gasteiger partial charge in [0, 0.05) is 26.3 Å². The summed E-state index contributed by atoms with van der Waals surface area (Å²) in [5, 5.41) is 5.31. The number of aromatic nitrogens is 1. The van der Waals surface area contributed by atoms with Crippen LogP contribution in [0.2, 0.25) is 0 Å². The molecule has 0 saturated carbocycles. The second-order valence-electron chi connectivity index (χ2n) is 9.09. The zero-order valence-corrected chi connectivity index (χ0v) is 21.9. The van der Waals surface area contributed by atoms with Gasteiger partial charge in [0.2, 0.25) is 5.43 Å². The number of amides is 1. The minimum absolute atomic E-state index is 0.102. The molecule has 0 radical (unpaired) electrons. The molecular weight excluding hydrogens is 468 g/mol. The van der Waals surface area contributed by atoms with Gasteiger partial charge in [-0.2, -0.15) is 0 Å². The van der Waals surface area contributed by atoms with Crippen molar-refractivity contribution in [2.45, 2.75) is 32.4 Å². The molecule has 1 aliphatic rings. The first kappa shape index (κ1) is 26.4. The molecule has 1 aromatic heterocycles. The minimum Gasteiger partial charge on any atom is -0.487 e. The maximum absolute atomic E-state index is 13.9. The summed E-state index contributed by atoms with van der Waals surface area (Å²) in [7, 11) is 3.44. The predicted molar refractivity (Wildman–Crippen MR) is 145 cm³/mol. The van der Waals surface area contributed by atoms with Gasteiger partial charge in [0.25, 0.3) is 5.91 Å². The lowest BCUT2D eigenvalue weighted by atomic mass is 9.98. The number of ether oxygens (including phenoxy) is 2. The van der Waals surface area contributed by atoms with Crippen molar-refractivity contribution >= 4 is 5.91 Å². The lowest BCUT2D eigenvalue weighted by molar-refractivity contribution is 0.0609.